The molecule has 2 aliphatic heterocycles. The lowest BCUT2D eigenvalue weighted by Gasteiger charge is -2.42. The van der Waals surface area contributed by atoms with Crippen molar-refractivity contribution < 1.29 is 13.9 Å². The highest BCUT2D eigenvalue weighted by Gasteiger charge is 2.32. The number of benzene rings is 2. The predicted molar refractivity (Wildman–Crippen MR) is 118 cm³/mol. The third-order valence-corrected chi connectivity index (χ3v) is 6.87. The summed E-state index contributed by atoms with van der Waals surface area (Å²) in [5.41, 5.74) is 2.53. The van der Waals surface area contributed by atoms with Crippen molar-refractivity contribution in [3.05, 3.63) is 63.4 Å². The number of likely N-dealkylation sites (tertiary alicyclic amines) is 1. The number of ether oxygens (including phenoxy) is 1. The minimum absolute atomic E-state index is 0.0375. The van der Waals surface area contributed by atoms with Crippen LogP contribution in [0, 0.1) is 11.7 Å². The lowest BCUT2D eigenvalue weighted by atomic mass is 9.90. The summed E-state index contributed by atoms with van der Waals surface area (Å²) in [6.07, 6.45) is 1.51. The van der Waals surface area contributed by atoms with Crippen LogP contribution >= 0.6 is 23.2 Å². The third kappa shape index (κ3) is 4.43. The van der Waals surface area contributed by atoms with E-state index in [1.807, 2.05) is 30.3 Å². The van der Waals surface area contributed by atoms with Crippen LogP contribution in [-0.4, -0.2) is 44.2 Å². The highest BCUT2D eigenvalue weighted by Crippen LogP contribution is 2.39. The van der Waals surface area contributed by atoms with Crippen molar-refractivity contribution in [1.29, 1.82) is 0 Å². The van der Waals surface area contributed by atoms with Gasteiger partial charge in [-0.2, -0.15) is 0 Å². The zero-order valence-electron chi connectivity index (χ0n) is 16.9. The van der Waals surface area contributed by atoms with Gasteiger partial charge in [0.05, 0.1) is 13.0 Å². The average Bonchev–Trinajstić information content (AvgIpc) is 2.71. The molecule has 4 nitrogen and oxygen atoms in total. The number of rotatable bonds is 5. The van der Waals surface area contributed by atoms with Crippen molar-refractivity contribution in [3.63, 3.8) is 0 Å². The van der Waals surface area contributed by atoms with Gasteiger partial charge in [0, 0.05) is 46.8 Å². The van der Waals surface area contributed by atoms with E-state index in [1.54, 1.807) is 6.07 Å². The molecule has 2 fully saturated rings. The summed E-state index contributed by atoms with van der Waals surface area (Å²) in [5.74, 6) is -0.118. The molecule has 0 saturated carbocycles. The van der Waals surface area contributed by atoms with Crippen LogP contribution in [0.5, 0.6) is 0 Å². The number of nitrogens with zero attached hydrogens (tertiary/aromatic N) is 2. The molecule has 0 N–H and O–H groups in total. The monoisotopic (exact) mass is 450 g/mol. The molecule has 0 amide bonds. The summed E-state index contributed by atoms with van der Waals surface area (Å²) >= 11 is 12.6. The molecule has 2 aromatic rings. The number of halogens is 3. The molecule has 30 heavy (non-hydrogen) atoms. The first-order valence-corrected chi connectivity index (χ1v) is 11.0. The normalized spacial score (nSPS) is 18.3. The van der Waals surface area contributed by atoms with Crippen LogP contribution in [0.15, 0.2) is 36.4 Å². The molecule has 2 aliphatic rings. The number of methoxy groups -OCH3 is 1. The molecule has 2 aromatic carbocycles. The van der Waals surface area contributed by atoms with Crippen LogP contribution in [0.1, 0.15) is 29.9 Å². The Kier molecular flexibility index (Phi) is 6.51. The molecule has 0 aromatic heterocycles. The van der Waals surface area contributed by atoms with Crippen molar-refractivity contribution in [3.8, 4) is 0 Å². The van der Waals surface area contributed by atoms with E-state index in [1.165, 1.54) is 7.11 Å². The SMILES string of the molecule is COC(=O)C1CCN(Cc2ccc(N3CC(c4c(Cl)cccc4Cl)C3)cc2F)CC1. The van der Waals surface area contributed by atoms with Crippen molar-refractivity contribution >= 4 is 34.9 Å². The second-order valence-corrected chi connectivity index (χ2v) is 8.90. The molecular weight excluding hydrogens is 426 g/mol. The second-order valence-electron chi connectivity index (χ2n) is 8.09. The molecule has 0 atom stereocenters. The van der Waals surface area contributed by atoms with Gasteiger partial charge in [0.25, 0.3) is 0 Å². The number of piperidine rings is 1. The fourth-order valence-electron chi connectivity index (χ4n) is 4.37. The second kappa shape index (κ2) is 9.13. The molecule has 4 rings (SSSR count). The zero-order valence-corrected chi connectivity index (χ0v) is 18.4. The standard InChI is InChI=1S/C23H25Cl2FN2O2/c1-30-23(29)15-7-9-27(10-8-15)12-16-5-6-18(11-21(16)26)28-13-17(14-28)22-19(24)3-2-4-20(22)25/h2-6,11,15,17H,7-10,12-14H2,1H3. The Morgan fingerprint density at radius 1 is 1.13 bits per heavy atom. The number of carbonyl (C=O) groups is 1. The topological polar surface area (TPSA) is 32.8 Å². The first-order valence-electron chi connectivity index (χ1n) is 10.2. The van der Waals surface area contributed by atoms with Crippen LogP contribution in [0.3, 0.4) is 0 Å². The summed E-state index contributed by atoms with van der Waals surface area (Å²) < 4.78 is 19.6. The van der Waals surface area contributed by atoms with E-state index in [0.717, 1.165) is 50.3 Å². The quantitative estimate of drug-likeness (QED) is 0.591. The van der Waals surface area contributed by atoms with Crippen molar-refractivity contribution in [2.75, 3.05) is 38.2 Å². The summed E-state index contributed by atoms with van der Waals surface area (Å²) in [5, 5.41) is 1.37. The average molecular weight is 451 g/mol. The zero-order chi connectivity index (χ0) is 21.3. The summed E-state index contributed by atoms with van der Waals surface area (Å²) in [7, 11) is 1.43. The molecule has 2 heterocycles. The molecule has 160 valence electrons. The van der Waals surface area contributed by atoms with Crippen molar-refractivity contribution in [2.24, 2.45) is 5.92 Å². The van der Waals surface area contributed by atoms with E-state index in [4.69, 9.17) is 27.9 Å². The van der Waals surface area contributed by atoms with E-state index < -0.39 is 0 Å². The van der Waals surface area contributed by atoms with E-state index in [0.29, 0.717) is 22.2 Å². The number of hydrogen-bond donors (Lipinski definition) is 0. The molecule has 0 spiro atoms. The van der Waals surface area contributed by atoms with Gasteiger partial charge in [0.15, 0.2) is 0 Å². The maximum atomic E-state index is 14.8. The smallest absolute Gasteiger partial charge is 0.308 e. The fourth-order valence-corrected chi connectivity index (χ4v) is 5.07. The van der Waals surface area contributed by atoms with Gasteiger partial charge in [-0.25, -0.2) is 4.39 Å². The first-order chi connectivity index (χ1) is 14.5. The van der Waals surface area contributed by atoms with Gasteiger partial charge in [-0.1, -0.05) is 35.3 Å². The highest BCUT2D eigenvalue weighted by molar-refractivity contribution is 6.36. The molecule has 0 radical (unpaired) electrons. The lowest BCUT2D eigenvalue weighted by molar-refractivity contribution is -0.147. The fraction of sp³-hybridized carbons (Fsp3) is 0.435. The van der Waals surface area contributed by atoms with Crippen LogP contribution in [0.2, 0.25) is 10.0 Å². The molecule has 0 bridgehead atoms. The molecular formula is C23H25Cl2FN2O2. The summed E-state index contributed by atoms with van der Waals surface area (Å²) in [4.78, 5) is 16.0. The van der Waals surface area contributed by atoms with Crippen molar-refractivity contribution in [2.45, 2.75) is 25.3 Å². The van der Waals surface area contributed by atoms with E-state index in [2.05, 4.69) is 9.80 Å². The minimum Gasteiger partial charge on any atom is -0.469 e. The number of hydrogen-bond acceptors (Lipinski definition) is 4. The highest BCUT2D eigenvalue weighted by atomic mass is 35.5. The van der Waals surface area contributed by atoms with Gasteiger partial charge < -0.3 is 9.64 Å². The number of anilines is 1. The maximum absolute atomic E-state index is 14.8. The Labute approximate surface area is 186 Å². The van der Waals surface area contributed by atoms with Crippen LogP contribution in [0.25, 0.3) is 0 Å². The summed E-state index contributed by atoms with van der Waals surface area (Å²) in [6.45, 7) is 3.63. The Hall–Kier alpha value is -1.82. The van der Waals surface area contributed by atoms with Gasteiger partial charge in [-0.05, 0) is 55.8 Å². The lowest BCUT2D eigenvalue weighted by Crippen LogP contribution is -2.45. The first kappa shape index (κ1) is 21.4. The Morgan fingerprint density at radius 3 is 2.40 bits per heavy atom. The van der Waals surface area contributed by atoms with Crippen LogP contribution < -0.4 is 4.90 Å². The van der Waals surface area contributed by atoms with E-state index in [-0.39, 0.29) is 23.6 Å². The summed E-state index contributed by atoms with van der Waals surface area (Å²) in [6, 6.07) is 11.0. The van der Waals surface area contributed by atoms with Crippen LogP contribution in [-0.2, 0) is 16.1 Å². The van der Waals surface area contributed by atoms with Gasteiger partial charge in [-0.3, -0.25) is 9.69 Å². The molecule has 0 aliphatic carbocycles. The number of carbonyl (C=O) groups excluding carboxylic acids is 1. The molecule has 2 saturated heterocycles. The Balaban J connectivity index is 1.34. The maximum Gasteiger partial charge on any atom is 0.308 e. The molecule has 0 unspecified atom stereocenters. The van der Waals surface area contributed by atoms with Gasteiger partial charge in [0.1, 0.15) is 5.82 Å². The largest absolute Gasteiger partial charge is 0.469 e. The molecule has 7 heteroatoms. The van der Waals surface area contributed by atoms with E-state index in [9.17, 15) is 9.18 Å². The van der Waals surface area contributed by atoms with Crippen LogP contribution in [0.4, 0.5) is 10.1 Å². The van der Waals surface area contributed by atoms with E-state index >= 15 is 0 Å². The van der Waals surface area contributed by atoms with Crippen molar-refractivity contribution in [1.82, 2.24) is 4.90 Å². The minimum atomic E-state index is -0.193. The van der Waals surface area contributed by atoms with Gasteiger partial charge in [-0.15, -0.1) is 0 Å². The Bertz CT molecular complexity index is 905. The Morgan fingerprint density at radius 2 is 1.80 bits per heavy atom. The third-order valence-electron chi connectivity index (χ3n) is 6.21. The van der Waals surface area contributed by atoms with Gasteiger partial charge in [0.2, 0.25) is 0 Å². The van der Waals surface area contributed by atoms with Gasteiger partial charge >= 0.3 is 5.97 Å². The number of esters is 1. The predicted octanol–water partition coefficient (Wildman–Crippen LogP) is 5.12.